The molecule has 2 aromatic rings. The first kappa shape index (κ1) is 19.7. The fourth-order valence-corrected chi connectivity index (χ4v) is 3.67. The van der Waals surface area contributed by atoms with Gasteiger partial charge in [0.25, 0.3) is 5.91 Å². The third-order valence-corrected chi connectivity index (χ3v) is 5.46. The average molecular weight is 406 g/mol. The number of piperidine rings is 1. The van der Waals surface area contributed by atoms with Gasteiger partial charge in [-0.2, -0.15) is 0 Å². The van der Waals surface area contributed by atoms with E-state index in [2.05, 4.69) is 0 Å². The molecular weight excluding hydrogens is 385 g/mol. The van der Waals surface area contributed by atoms with Crippen molar-refractivity contribution in [3.63, 3.8) is 0 Å². The minimum Gasteiger partial charge on any atom is -0.461 e. The highest BCUT2D eigenvalue weighted by Gasteiger charge is 2.29. The number of benzene rings is 2. The van der Waals surface area contributed by atoms with Crippen molar-refractivity contribution in [2.45, 2.75) is 26.4 Å². The van der Waals surface area contributed by atoms with Crippen molar-refractivity contribution in [2.75, 3.05) is 13.1 Å². The Bertz CT molecular complexity index is 845. The molecule has 0 spiro atoms. The molecule has 0 radical (unpaired) electrons. The van der Waals surface area contributed by atoms with Gasteiger partial charge in [-0.15, -0.1) is 0 Å². The molecule has 0 atom stereocenters. The maximum absolute atomic E-state index is 12.7. The second kappa shape index (κ2) is 8.77. The van der Waals surface area contributed by atoms with Crippen LogP contribution in [0.3, 0.4) is 0 Å². The Morgan fingerprint density at radius 2 is 1.81 bits per heavy atom. The van der Waals surface area contributed by atoms with Crippen LogP contribution in [0.2, 0.25) is 10.0 Å². The van der Waals surface area contributed by atoms with E-state index in [1.165, 1.54) is 0 Å². The zero-order chi connectivity index (χ0) is 19.4. The Morgan fingerprint density at radius 1 is 1.11 bits per heavy atom. The second-order valence-corrected chi connectivity index (χ2v) is 7.57. The number of hydrogen-bond acceptors (Lipinski definition) is 3. The molecule has 1 aliphatic heterocycles. The van der Waals surface area contributed by atoms with Crippen molar-refractivity contribution in [3.8, 4) is 0 Å². The van der Waals surface area contributed by atoms with Gasteiger partial charge in [-0.1, -0.05) is 47.5 Å². The van der Waals surface area contributed by atoms with Crippen molar-refractivity contribution in [1.29, 1.82) is 0 Å². The van der Waals surface area contributed by atoms with Crippen molar-refractivity contribution in [1.82, 2.24) is 4.90 Å². The molecule has 0 unspecified atom stereocenters. The summed E-state index contributed by atoms with van der Waals surface area (Å²) >= 11 is 12.0. The number of esters is 1. The van der Waals surface area contributed by atoms with Crippen LogP contribution in [0.25, 0.3) is 0 Å². The number of rotatable bonds is 4. The Kier molecular flexibility index (Phi) is 6.40. The summed E-state index contributed by atoms with van der Waals surface area (Å²) < 4.78 is 5.42. The molecule has 142 valence electrons. The molecular formula is C21H21Cl2NO3. The lowest BCUT2D eigenvalue weighted by molar-refractivity contribution is -0.151. The van der Waals surface area contributed by atoms with E-state index in [-0.39, 0.29) is 24.4 Å². The molecule has 0 N–H and O–H groups in total. The molecule has 0 bridgehead atoms. The summed E-state index contributed by atoms with van der Waals surface area (Å²) in [6, 6.07) is 12.6. The van der Waals surface area contributed by atoms with Gasteiger partial charge in [-0.3, -0.25) is 9.59 Å². The predicted octanol–water partition coefficient (Wildman–Crippen LogP) is 4.90. The molecule has 4 nitrogen and oxygen atoms in total. The molecule has 1 heterocycles. The first-order valence-electron chi connectivity index (χ1n) is 8.91. The van der Waals surface area contributed by atoms with Crippen molar-refractivity contribution in [3.05, 3.63) is 69.2 Å². The molecule has 0 aliphatic carbocycles. The van der Waals surface area contributed by atoms with Gasteiger partial charge in [-0.25, -0.2) is 0 Å². The highest BCUT2D eigenvalue weighted by atomic mass is 35.5. The van der Waals surface area contributed by atoms with Crippen LogP contribution in [0.15, 0.2) is 42.5 Å². The van der Waals surface area contributed by atoms with E-state index >= 15 is 0 Å². The largest absolute Gasteiger partial charge is 0.461 e. The smallest absolute Gasteiger partial charge is 0.309 e. The van der Waals surface area contributed by atoms with Crippen molar-refractivity contribution >= 4 is 35.1 Å². The molecule has 0 saturated carbocycles. The Balaban J connectivity index is 1.52. The van der Waals surface area contributed by atoms with E-state index in [1.54, 1.807) is 18.2 Å². The number of carbonyl (C=O) groups excluding carboxylic acids is 2. The number of halogens is 2. The van der Waals surface area contributed by atoms with Gasteiger partial charge < -0.3 is 9.64 Å². The lowest BCUT2D eigenvalue weighted by Crippen LogP contribution is -2.40. The minimum atomic E-state index is -0.246. The second-order valence-electron chi connectivity index (χ2n) is 6.72. The number of amides is 1. The van der Waals surface area contributed by atoms with Crippen LogP contribution in [0.4, 0.5) is 0 Å². The van der Waals surface area contributed by atoms with Gasteiger partial charge in [0.2, 0.25) is 0 Å². The molecule has 1 amide bonds. The van der Waals surface area contributed by atoms with Gasteiger partial charge in [-0.05, 0) is 43.5 Å². The standard InChI is InChI=1S/C21H21Cl2NO3/c1-14-4-2-3-5-18(14)20(25)24-10-8-15(9-11-24)21(26)27-13-16-6-7-17(22)12-19(16)23/h2-7,12,15H,8-11,13H2,1H3. The van der Waals surface area contributed by atoms with Gasteiger partial charge in [0, 0.05) is 34.3 Å². The van der Waals surface area contributed by atoms with Gasteiger partial charge in [0.1, 0.15) is 6.61 Å². The fourth-order valence-electron chi connectivity index (χ4n) is 3.21. The number of likely N-dealkylation sites (tertiary alicyclic amines) is 1. The summed E-state index contributed by atoms with van der Waals surface area (Å²) in [6.45, 7) is 3.15. The fraction of sp³-hybridized carbons (Fsp3) is 0.333. The predicted molar refractivity (Wildman–Crippen MR) is 106 cm³/mol. The third-order valence-electron chi connectivity index (χ3n) is 4.88. The maximum atomic E-state index is 12.7. The molecule has 2 aromatic carbocycles. The summed E-state index contributed by atoms with van der Waals surface area (Å²) in [5.74, 6) is -0.422. The van der Waals surface area contributed by atoms with Crippen LogP contribution in [0.5, 0.6) is 0 Å². The Hall–Kier alpha value is -2.04. The quantitative estimate of drug-likeness (QED) is 0.679. The molecule has 0 aromatic heterocycles. The Labute approximate surface area is 169 Å². The van der Waals surface area contributed by atoms with Crippen LogP contribution < -0.4 is 0 Å². The number of carbonyl (C=O) groups is 2. The van der Waals surface area contributed by atoms with Crippen LogP contribution in [-0.2, 0) is 16.1 Å². The number of ether oxygens (including phenoxy) is 1. The lowest BCUT2D eigenvalue weighted by atomic mass is 9.96. The minimum absolute atomic E-state index is 0.0212. The topological polar surface area (TPSA) is 46.6 Å². The molecule has 1 aliphatic rings. The summed E-state index contributed by atoms with van der Waals surface area (Å²) in [5.41, 5.74) is 2.40. The number of hydrogen-bond donors (Lipinski definition) is 0. The van der Waals surface area contributed by atoms with Crippen molar-refractivity contribution < 1.29 is 14.3 Å². The van der Waals surface area contributed by atoms with E-state index in [4.69, 9.17) is 27.9 Å². The van der Waals surface area contributed by atoms with E-state index in [0.29, 0.717) is 36.0 Å². The molecule has 27 heavy (non-hydrogen) atoms. The van der Waals surface area contributed by atoms with E-state index in [1.807, 2.05) is 36.1 Å². The zero-order valence-electron chi connectivity index (χ0n) is 15.1. The highest BCUT2D eigenvalue weighted by Crippen LogP contribution is 2.24. The van der Waals surface area contributed by atoms with Crippen LogP contribution >= 0.6 is 23.2 Å². The van der Waals surface area contributed by atoms with Crippen molar-refractivity contribution in [2.24, 2.45) is 5.92 Å². The van der Waals surface area contributed by atoms with E-state index in [9.17, 15) is 9.59 Å². The number of nitrogens with zero attached hydrogens (tertiary/aromatic N) is 1. The lowest BCUT2D eigenvalue weighted by Gasteiger charge is -2.31. The first-order chi connectivity index (χ1) is 13.0. The highest BCUT2D eigenvalue weighted by molar-refractivity contribution is 6.35. The molecule has 3 rings (SSSR count). The Morgan fingerprint density at radius 3 is 2.48 bits per heavy atom. The monoisotopic (exact) mass is 405 g/mol. The van der Waals surface area contributed by atoms with Gasteiger partial charge in [0.15, 0.2) is 0 Å². The molecule has 1 fully saturated rings. The first-order valence-corrected chi connectivity index (χ1v) is 9.67. The zero-order valence-corrected chi connectivity index (χ0v) is 16.6. The van der Waals surface area contributed by atoms with Crippen LogP contribution in [-0.4, -0.2) is 29.9 Å². The number of aryl methyl sites for hydroxylation is 1. The third kappa shape index (κ3) is 4.82. The van der Waals surface area contributed by atoms with E-state index < -0.39 is 0 Å². The maximum Gasteiger partial charge on any atom is 0.309 e. The summed E-state index contributed by atoms with van der Waals surface area (Å²) in [4.78, 5) is 26.8. The van der Waals surface area contributed by atoms with E-state index in [0.717, 1.165) is 16.7 Å². The average Bonchev–Trinajstić information content (AvgIpc) is 2.67. The summed E-state index contributed by atoms with van der Waals surface area (Å²) in [5, 5.41) is 1.02. The summed E-state index contributed by atoms with van der Waals surface area (Å²) in [6.07, 6.45) is 1.20. The van der Waals surface area contributed by atoms with Gasteiger partial charge >= 0.3 is 5.97 Å². The normalized spacial score (nSPS) is 14.9. The summed E-state index contributed by atoms with van der Waals surface area (Å²) in [7, 11) is 0. The molecule has 6 heteroatoms. The van der Waals surface area contributed by atoms with Crippen LogP contribution in [0, 0.1) is 12.8 Å². The molecule has 1 saturated heterocycles. The van der Waals surface area contributed by atoms with Gasteiger partial charge in [0.05, 0.1) is 5.92 Å². The SMILES string of the molecule is Cc1ccccc1C(=O)N1CCC(C(=O)OCc2ccc(Cl)cc2Cl)CC1. The van der Waals surface area contributed by atoms with Crippen LogP contribution in [0.1, 0.15) is 34.3 Å².